The fraction of sp³-hybridized carbons (Fsp3) is 0.545. The second-order valence-corrected chi connectivity index (χ2v) is 4.58. The number of carbonyl (C=O) groups is 1. The van der Waals surface area contributed by atoms with Gasteiger partial charge in [-0.3, -0.25) is 0 Å². The van der Waals surface area contributed by atoms with Gasteiger partial charge in [0.25, 0.3) is 0 Å². The summed E-state index contributed by atoms with van der Waals surface area (Å²) >= 11 is 0. The van der Waals surface area contributed by atoms with Crippen molar-refractivity contribution in [1.29, 1.82) is 0 Å². The van der Waals surface area contributed by atoms with Gasteiger partial charge < -0.3 is 10.4 Å². The molecule has 0 aliphatic heterocycles. The van der Waals surface area contributed by atoms with Crippen LogP contribution < -0.4 is 5.32 Å². The number of hydrogen-bond donors (Lipinski definition) is 2. The zero-order chi connectivity index (χ0) is 11.6. The number of nitrogens with one attached hydrogen (secondary N) is 1. The van der Waals surface area contributed by atoms with Gasteiger partial charge in [0.1, 0.15) is 5.82 Å². The van der Waals surface area contributed by atoms with E-state index in [1.807, 2.05) is 0 Å². The Kier molecular flexibility index (Phi) is 2.77. The summed E-state index contributed by atoms with van der Waals surface area (Å²) in [7, 11) is 0. The summed E-state index contributed by atoms with van der Waals surface area (Å²) in [6.45, 7) is 3.13. The average molecular weight is 221 g/mol. The molecule has 0 amide bonds. The molecule has 2 N–H and O–H groups in total. The third-order valence-corrected chi connectivity index (χ3v) is 3.01. The van der Waals surface area contributed by atoms with E-state index in [4.69, 9.17) is 5.11 Å². The summed E-state index contributed by atoms with van der Waals surface area (Å²) in [4.78, 5) is 18.3. The predicted molar refractivity (Wildman–Crippen MR) is 59.4 cm³/mol. The summed E-state index contributed by atoms with van der Waals surface area (Å²) in [5, 5.41) is 11.8. The van der Waals surface area contributed by atoms with Crippen LogP contribution in [0.25, 0.3) is 0 Å². The number of aromatic carboxylic acids is 1. The third-order valence-electron chi connectivity index (χ3n) is 3.01. The van der Waals surface area contributed by atoms with Crippen LogP contribution in [0.15, 0.2) is 12.4 Å². The minimum absolute atomic E-state index is 0.0281. The molecule has 0 aromatic carbocycles. The van der Waals surface area contributed by atoms with Crippen LogP contribution >= 0.6 is 0 Å². The Bertz CT molecular complexity index is 385. The Morgan fingerprint density at radius 2 is 2.25 bits per heavy atom. The molecule has 1 aromatic rings. The van der Waals surface area contributed by atoms with Gasteiger partial charge in [-0.2, -0.15) is 0 Å². The Morgan fingerprint density at radius 3 is 2.75 bits per heavy atom. The molecule has 5 nitrogen and oxygen atoms in total. The fourth-order valence-electron chi connectivity index (χ4n) is 1.49. The largest absolute Gasteiger partial charge is 0.476 e. The molecule has 0 unspecified atom stereocenters. The molecule has 0 radical (unpaired) electrons. The van der Waals surface area contributed by atoms with Crippen LogP contribution in [-0.2, 0) is 0 Å². The lowest BCUT2D eigenvalue weighted by Gasteiger charge is -2.09. The fourth-order valence-corrected chi connectivity index (χ4v) is 1.49. The summed E-state index contributed by atoms with van der Waals surface area (Å²) in [5.41, 5.74) is 0.487. The van der Waals surface area contributed by atoms with E-state index in [0.717, 1.165) is 13.0 Å². The molecule has 1 heterocycles. The standard InChI is InChI=1S/C11H15N3O2/c1-11(2-3-11)4-5-12-9-7-13-8(6-14-9)10(15)16/h6-7H,2-5H2,1H3,(H,12,14)(H,15,16). The van der Waals surface area contributed by atoms with Crippen molar-refractivity contribution in [1.82, 2.24) is 9.97 Å². The van der Waals surface area contributed by atoms with E-state index in [1.54, 1.807) is 0 Å². The lowest BCUT2D eigenvalue weighted by molar-refractivity contribution is 0.0690. The highest BCUT2D eigenvalue weighted by atomic mass is 16.4. The zero-order valence-electron chi connectivity index (χ0n) is 9.23. The molecule has 0 atom stereocenters. The van der Waals surface area contributed by atoms with Crippen molar-refractivity contribution in [3.05, 3.63) is 18.1 Å². The summed E-state index contributed by atoms with van der Waals surface area (Å²) < 4.78 is 0. The molecule has 1 aromatic heterocycles. The van der Waals surface area contributed by atoms with Crippen molar-refractivity contribution < 1.29 is 9.90 Å². The molecule has 2 rings (SSSR count). The van der Waals surface area contributed by atoms with E-state index in [-0.39, 0.29) is 5.69 Å². The van der Waals surface area contributed by atoms with Crippen molar-refractivity contribution >= 4 is 11.8 Å². The average Bonchev–Trinajstić information content (AvgIpc) is 2.97. The van der Waals surface area contributed by atoms with Gasteiger partial charge in [0.05, 0.1) is 12.4 Å². The number of anilines is 1. The topological polar surface area (TPSA) is 75.1 Å². The molecular formula is C11H15N3O2. The Hall–Kier alpha value is -1.65. The maximum Gasteiger partial charge on any atom is 0.356 e. The number of aromatic nitrogens is 2. The van der Waals surface area contributed by atoms with Gasteiger partial charge in [-0.1, -0.05) is 6.92 Å². The lowest BCUT2D eigenvalue weighted by Crippen LogP contribution is -2.09. The van der Waals surface area contributed by atoms with E-state index in [9.17, 15) is 4.79 Å². The first-order valence-corrected chi connectivity index (χ1v) is 5.38. The summed E-state index contributed by atoms with van der Waals surface area (Å²) in [5.74, 6) is -0.418. The molecule has 86 valence electrons. The number of carboxylic acid groups (broad SMARTS) is 1. The second-order valence-electron chi connectivity index (χ2n) is 4.58. The number of carboxylic acids is 1. The van der Waals surface area contributed by atoms with Gasteiger partial charge in [-0.15, -0.1) is 0 Å². The quantitative estimate of drug-likeness (QED) is 0.792. The molecule has 5 heteroatoms. The van der Waals surface area contributed by atoms with Crippen LogP contribution in [0.4, 0.5) is 5.82 Å². The van der Waals surface area contributed by atoms with Crippen LogP contribution in [0.2, 0.25) is 0 Å². The van der Waals surface area contributed by atoms with E-state index in [2.05, 4.69) is 22.2 Å². The highest BCUT2D eigenvalue weighted by Crippen LogP contribution is 2.47. The molecule has 0 spiro atoms. The van der Waals surface area contributed by atoms with E-state index in [0.29, 0.717) is 11.2 Å². The molecule has 1 fully saturated rings. The van der Waals surface area contributed by atoms with Gasteiger partial charge >= 0.3 is 5.97 Å². The van der Waals surface area contributed by atoms with Gasteiger partial charge in [0.2, 0.25) is 0 Å². The zero-order valence-corrected chi connectivity index (χ0v) is 9.23. The third kappa shape index (κ3) is 2.68. The molecule has 1 aliphatic carbocycles. The second kappa shape index (κ2) is 4.08. The number of hydrogen-bond acceptors (Lipinski definition) is 4. The van der Waals surface area contributed by atoms with Crippen LogP contribution in [0, 0.1) is 5.41 Å². The van der Waals surface area contributed by atoms with Crippen LogP contribution in [-0.4, -0.2) is 27.6 Å². The highest BCUT2D eigenvalue weighted by Gasteiger charge is 2.36. The van der Waals surface area contributed by atoms with E-state index >= 15 is 0 Å². The van der Waals surface area contributed by atoms with Crippen LogP contribution in [0.1, 0.15) is 36.7 Å². The van der Waals surface area contributed by atoms with Crippen molar-refractivity contribution in [3.63, 3.8) is 0 Å². The minimum atomic E-state index is -1.05. The molecule has 0 bridgehead atoms. The van der Waals surface area contributed by atoms with Crippen LogP contribution in [0.5, 0.6) is 0 Å². The van der Waals surface area contributed by atoms with Gasteiger partial charge in [-0.25, -0.2) is 14.8 Å². The SMILES string of the molecule is CC1(CCNc2cnc(C(=O)O)cn2)CC1. The lowest BCUT2D eigenvalue weighted by atomic mass is 10.1. The van der Waals surface area contributed by atoms with E-state index in [1.165, 1.54) is 25.2 Å². The Labute approximate surface area is 93.9 Å². The first-order chi connectivity index (χ1) is 7.59. The molecule has 0 saturated heterocycles. The first-order valence-electron chi connectivity index (χ1n) is 5.38. The van der Waals surface area contributed by atoms with Crippen molar-refractivity contribution in [2.45, 2.75) is 26.2 Å². The smallest absolute Gasteiger partial charge is 0.356 e. The maximum absolute atomic E-state index is 10.5. The van der Waals surface area contributed by atoms with Gasteiger partial charge in [0.15, 0.2) is 5.69 Å². The monoisotopic (exact) mass is 221 g/mol. The minimum Gasteiger partial charge on any atom is -0.476 e. The predicted octanol–water partition coefficient (Wildman–Crippen LogP) is 1.78. The maximum atomic E-state index is 10.5. The molecule has 1 saturated carbocycles. The summed E-state index contributed by atoms with van der Waals surface area (Å²) in [6.07, 6.45) is 6.45. The normalized spacial score (nSPS) is 16.8. The number of rotatable bonds is 5. The summed E-state index contributed by atoms with van der Waals surface area (Å²) in [6, 6.07) is 0. The highest BCUT2D eigenvalue weighted by molar-refractivity contribution is 5.84. The molecule has 1 aliphatic rings. The van der Waals surface area contributed by atoms with Crippen molar-refractivity contribution in [2.24, 2.45) is 5.41 Å². The van der Waals surface area contributed by atoms with E-state index < -0.39 is 5.97 Å². The Balaban J connectivity index is 1.83. The first kappa shape index (κ1) is 10.9. The Morgan fingerprint density at radius 1 is 1.50 bits per heavy atom. The molecular weight excluding hydrogens is 206 g/mol. The van der Waals surface area contributed by atoms with Gasteiger partial charge in [-0.05, 0) is 24.7 Å². The van der Waals surface area contributed by atoms with Crippen LogP contribution in [0.3, 0.4) is 0 Å². The van der Waals surface area contributed by atoms with Crippen molar-refractivity contribution in [2.75, 3.05) is 11.9 Å². The molecule has 16 heavy (non-hydrogen) atoms. The van der Waals surface area contributed by atoms with Crippen molar-refractivity contribution in [3.8, 4) is 0 Å². The van der Waals surface area contributed by atoms with Gasteiger partial charge in [0, 0.05) is 6.54 Å². The number of nitrogens with zero attached hydrogens (tertiary/aromatic N) is 2.